The Hall–Kier alpha value is -2.71. The molecule has 0 amide bonds. The molecular formula is C18H16ClN3O4S. The highest BCUT2D eigenvalue weighted by atomic mass is 35.5. The maximum atomic E-state index is 10.8. The number of carboxylic acid groups (broad SMARTS) is 1. The smallest absolute Gasteiger partial charge is 0.342 e. The number of H-pyrrole nitrogens is 1. The summed E-state index contributed by atoms with van der Waals surface area (Å²) in [4.78, 5) is 10.8. The molecule has 0 atom stereocenters. The van der Waals surface area contributed by atoms with Gasteiger partial charge in [0.25, 0.3) is 5.82 Å². The van der Waals surface area contributed by atoms with Gasteiger partial charge in [-0.2, -0.15) is 4.57 Å². The molecule has 0 fully saturated rings. The van der Waals surface area contributed by atoms with Gasteiger partial charge in [-0.3, -0.25) is 0 Å². The van der Waals surface area contributed by atoms with Gasteiger partial charge in [-0.15, -0.1) is 5.10 Å². The van der Waals surface area contributed by atoms with E-state index in [2.05, 4.69) is 10.2 Å². The van der Waals surface area contributed by atoms with Crippen LogP contribution in [-0.2, 0) is 11.4 Å². The van der Waals surface area contributed by atoms with Gasteiger partial charge in [-0.05, 0) is 60.3 Å². The zero-order valence-electron chi connectivity index (χ0n) is 14.3. The standard InChI is InChI=1S/C18H16ClN3O4S/c1-25-14-8-4-13(5-9-14)22-16(20-21-18(22)27-11-17(23)24)10-26-15-6-2-12(19)3-7-15/h2-9H,10-11H2,1H3,(H,23,24). The van der Waals surface area contributed by atoms with Gasteiger partial charge in [0, 0.05) is 10.8 Å². The number of halogens is 1. The summed E-state index contributed by atoms with van der Waals surface area (Å²) in [6.07, 6.45) is 0. The number of hydrogen-bond donors (Lipinski definition) is 1. The van der Waals surface area contributed by atoms with Crippen molar-refractivity contribution in [2.75, 3.05) is 12.9 Å². The SMILES string of the molecule is COc1ccc(-[n+]2c(SCC(=O)[O-])n[nH]c2COc2ccc(Cl)cc2)cc1. The number of thioether (sulfide) groups is 1. The molecule has 0 aliphatic heterocycles. The van der Waals surface area contributed by atoms with E-state index < -0.39 is 5.97 Å². The normalized spacial score (nSPS) is 10.6. The Morgan fingerprint density at radius 1 is 1.19 bits per heavy atom. The zero-order chi connectivity index (χ0) is 19.2. The van der Waals surface area contributed by atoms with E-state index in [1.54, 1.807) is 35.9 Å². The summed E-state index contributed by atoms with van der Waals surface area (Å²) in [5.41, 5.74) is 0.792. The summed E-state index contributed by atoms with van der Waals surface area (Å²) in [6, 6.07) is 14.3. The van der Waals surface area contributed by atoms with E-state index in [0.717, 1.165) is 17.4 Å². The third-order valence-electron chi connectivity index (χ3n) is 3.58. The molecule has 27 heavy (non-hydrogen) atoms. The molecular weight excluding hydrogens is 390 g/mol. The summed E-state index contributed by atoms with van der Waals surface area (Å²) in [7, 11) is 1.59. The number of carbonyl (C=O) groups is 1. The molecule has 0 unspecified atom stereocenters. The lowest BCUT2D eigenvalue weighted by atomic mass is 10.3. The van der Waals surface area contributed by atoms with Crippen molar-refractivity contribution in [2.45, 2.75) is 11.8 Å². The molecule has 7 nitrogen and oxygen atoms in total. The van der Waals surface area contributed by atoms with Crippen molar-refractivity contribution in [2.24, 2.45) is 0 Å². The lowest BCUT2D eigenvalue weighted by molar-refractivity contribution is -0.646. The number of ether oxygens (including phenoxy) is 2. The first-order valence-electron chi connectivity index (χ1n) is 7.91. The second-order valence-electron chi connectivity index (χ2n) is 5.39. The van der Waals surface area contributed by atoms with E-state index in [9.17, 15) is 9.90 Å². The van der Waals surface area contributed by atoms with Crippen LogP contribution in [0.5, 0.6) is 11.5 Å². The van der Waals surface area contributed by atoms with Crippen molar-refractivity contribution in [3.8, 4) is 17.2 Å². The first kappa shape index (κ1) is 19.1. The van der Waals surface area contributed by atoms with E-state index in [-0.39, 0.29) is 12.4 Å². The van der Waals surface area contributed by atoms with E-state index in [1.165, 1.54) is 0 Å². The Morgan fingerprint density at radius 2 is 1.85 bits per heavy atom. The Bertz CT molecular complexity index is 913. The Kier molecular flexibility index (Phi) is 6.20. The minimum Gasteiger partial charge on any atom is -0.549 e. The lowest BCUT2D eigenvalue weighted by Gasteiger charge is -2.07. The average Bonchev–Trinajstić information content (AvgIpc) is 3.09. The molecule has 0 radical (unpaired) electrons. The first-order chi connectivity index (χ1) is 13.1. The van der Waals surface area contributed by atoms with Crippen molar-refractivity contribution in [3.63, 3.8) is 0 Å². The number of aromatic nitrogens is 3. The molecule has 0 bridgehead atoms. The minimum atomic E-state index is -1.16. The maximum Gasteiger partial charge on any atom is 0.342 e. The van der Waals surface area contributed by atoms with Gasteiger partial charge in [-0.25, -0.2) is 0 Å². The highest BCUT2D eigenvalue weighted by Gasteiger charge is 2.23. The average molecular weight is 406 g/mol. The topological polar surface area (TPSA) is 91.1 Å². The number of nitrogens with one attached hydrogen (secondary N) is 1. The van der Waals surface area contributed by atoms with Crippen LogP contribution in [0.1, 0.15) is 5.82 Å². The summed E-state index contributed by atoms with van der Waals surface area (Å²) >= 11 is 6.94. The number of methoxy groups -OCH3 is 1. The molecule has 3 rings (SSSR count). The summed E-state index contributed by atoms with van der Waals surface area (Å²) in [5.74, 6) is 0.641. The second-order valence-corrected chi connectivity index (χ2v) is 6.77. The highest BCUT2D eigenvalue weighted by molar-refractivity contribution is 7.99. The number of benzene rings is 2. The lowest BCUT2D eigenvalue weighted by Crippen LogP contribution is -2.37. The van der Waals surface area contributed by atoms with E-state index >= 15 is 0 Å². The summed E-state index contributed by atoms with van der Waals surface area (Å²) < 4.78 is 12.8. The van der Waals surface area contributed by atoms with Crippen LogP contribution in [0.3, 0.4) is 0 Å². The van der Waals surface area contributed by atoms with Crippen LogP contribution in [0.15, 0.2) is 53.7 Å². The van der Waals surface area contributed by atoms with Gasteiger partial charge >= 0.3 is 5.16 Å². The summed E-state index contributed by atoms with van der Waals surface area (Å²) in [5, 5.41) is 19.0. The van der Waals surface area contributed by atoms with Crippen LogP contribution in [0.2, 0.25) is 5.02 Å². The van der Waals surface area contributed by atoms with Gasteiger partial charge < -0.3 is 19.4 Å². The quantitative estimate of drug-likeness (QED) is 0.453. The summed E-state index contributed by atoms with van der Waals surface area (Å²) in [6.45, 7) is 0.201. The second kappa shape index (κ2) is 8.79. The van der Waals surface area contributed by atoms with Crippen molar-refractivity contribution in [1.29, 1.82) is 0 Å². The van der Waals surface area contributed by atoms with Crippen molar-refractivity contribution in [1.82, 2.24) is 10.2 Å². The number of rotatable bonds is 8. The molecule has 0 saturated heterocycles. The number of carboxylic acids is 1. The minimum absolute atomic E-state index is 0.201. The Balaban J connectivity index is 1.87. The number of aromatic amines is 1. The van der Waals surface area contributed by atoms with Crippen LogP contribution in [-0.4, -0.2) is 29.0 Å². The Morgan fingerprint density at radius 3 is 2.48 bits per heavy atom. The molecule has 1 heterocycles. The van der Waals surface area contributed by atoms with Gasteiger partial charge in [0.15, 0.2) is 6.61 Å². The van der Waals surface area contributed by atoms with Gasteiger partial charge in [-0.1, -0.05) is 11.6 Å². The molecule has 1 N–H and O–H groups in total. The van der Waals surface area contributed by atoms with Crippen LogP contribution >= 0.6 is 23.4 Å². The number of aliphatic carboxylic acids is 1. The van der Waals surface area contributed by atoms with Gasteiger partial charge in [0.1, 0.15) is 17.2 Å². The number of hydrogen-bond acceptors (Lipinski definition) is 6. The van der Waals surface area contributed by atoms with E-state index in [1.807, 2.05) is 24.3 Å². The van der Waals surface area contributed by atoms with Crippen molar-refractivity contribution in [3.05, 3.63) is 59.4 Å². The van der Waals surface area contributed by atoms with Crippen molar-refractivity contribution < 1.29 is 23.9 Å². The van der Waals surface area contributed by atoms with Gasteiger partial charge in [0.05, 0.1) is 18.2 Å². The molecule has 3 aromatic rings. The zero-order valence-corrected chi connectivity index (χ0v) is 15.9. The van der Waals surface area contributed by atoms with Gasteiger partial charge in [0.2, 0.25) is 0 Å². The monoisotopic (exact) mass is 405 g/mol. The number of nitrogens with zero attached hydrogens (tertiary/aromatic N) is 2. The molecule has 2 aromatic carbocycles. The van der Waals surface area contributed by atoms with Crippen LogP contribution < -0.4 is 19.1 Å². The molecule has 0 saturated carbocycles. The van der Waals surface area contributed by atoms with Crippen molar-refractivity contribution >= 4 is 29.3 Å². The third-order valence-corrected chi connectivity index (χ3v) is 4.74. The first-order valence-corrected chi connectivity index (χ1v) is 9.28. The van der Waals surface area contributed by atoms with E-state index in [4.69, 9.17) is 21.1 Å². The van der Waals surface area contributed by atoms with Crippen LogP contribution in [0.4, 0.5) is 0 Å². The van der Waals surface area contributed by atoms with Crippen LogP contribution in [0.25, 0.3) is 5.69 Å². The fraction of sp³-hybridized carbons (Fsp3) is 0.167. The highest BCUT2D eigenvalue weighted by Crippen LogP contribution is 2.19. The molecule has 0 aliphatic carbocycles. The molecule has 9 heteroatoms. The fourth-order valence-electron chi connectivity index (χ4n) is 2.33. The Labute approximate surface area is 164 Å². The van der Waals surface area contributed by atoms with Crippen LogP contribution in [0, 0.1) is 0 Å². The predicted octanol–water partition coefficient (Wildman–Crippen LogP) is 1.77. The largest absolute Gasteiger partial charge is 0.549 e. The molecule has 0 aliphatic rings. The fourth-order valence-corrected chi connectivity index (χ4v) is 3.15. The molecule has 0 spiro atoms. The maximum absolute atomic E-state index is 10.8. The van der Waals surface area contributed by atoms with E-state index in [0.29, 0.717) is 27.5 Å². The predicted molar refractivity (Wildman–Crippen MR) is 98.2 cm³/mol. The molecule has 140 valence electrons. The third kappa shape index (κ3) is 4.93. The number of carbonyl (C=O) groups excluding carboxylic acids is 1. The molecule has 1 aromatic heterocycles.